The molecule has 0 saturated heterocycles. The number of anilines is 1. The van der Waals surface area contributed by atoms with Crippen molar-refractivity contribution in [3.63, 3.8) is 0 Å². The number of nitrogens with zero attached hydrogens (tertiary/aromatic N) is 5. The minimum atomic E-state index is -0.523. The lowest BCUT2D eigenvalue weighted by atomic mass is 10.1. The Morgan fingerprint density at radius 3 is 2.81 bits per heavy atom. The van der Waals surface area contributed by atoms with Gasteiger partial charge >= 0.3 is 0 Å². The molecule has 0 unspecified atom stereocenters. The molecule has 0 atom stereocenters. The van der Waals surface area contributed by atoms with E-state index in [-0.39, 0.29) is 11.3 Å². The largest absolute Gasteiger partial charge is 0.322 e. The molecule has 1 amide bonds. The van der Waals surface area contributed by atoms with E-state index in [1.165, 1.54) is 12.1 Å². The molecule has 9 nitrogen and oxygen atoms in total. The number of nitrogens with one attached hydrogen (secondary N) is 1. The van der Waals surface area contributed by atoms with Crippen molar-refractivity contribution in [1.29, 1.82) is 0 Å². The smallest absolute Gasteiger partial charge is 0.270 e. The van der Waals surface area contributed by atoms with E-state index in [0.29, 0.717) is 21.1 Å². The highest BCUT2D eigenvalue weighted by Crippen LogP contribution is 2.36. The topological polar surface area (TPSA) is 116 Å². The summed E-state index contributed by atoms with van der Waals surface area (Å²) in [6.07, 6.45) is 2.11. The van der Waals surface area contributed by atoms with Crippen LogP contribution in [0.5, 0.6) is 0 Å². The van der Waals surface area contributed by atoms with E-state index in [1.54, 1.807) is 28.9 Å². The monoisotopic (exact) mass is 476 g/mol. The molecule has 0 radical (unpaired) electrons. The number of aromatic nitrogens is 4. The Labute approximate surface area is 167 Å². The number of halogens is 1. The van der Waals surface area contributed by atoms with Crippen LogP contribution < -0.4 is 5.32 Å². The fourth-order valence-electron chi connectivity index (χ4n) is 2.68. The van der Waals surface area contributed by atoms with Crippen LogP contribution in [0.1, 0.15) is 29.2 Å². The SMILES string of the molecule is O=C(Nc1cccc(-c2nnnn2C2CC2)c1)c1cc([N+](=O)[O-])ccc1I. The zero-order chi connectivity index (χ0) is 19.0. The first kappa shape index (κ1) is 17.5. The number of benzene rings is 2. The zero-order valence-electron chi connectivity index (χ0n) is 13.9. The molecule has 3 aromatic rings. The molecule has 0 spiro atoms. The number of amides is 1. The number of hydrogen-bond acceptors (Lipinski definition) is 6. The van der Waals surface area contributed by atoms with Crippen LogP contribution >= 0.6 is 22.6 Å². The van der Waals surface area contributed by atoms with E-state index in [0.717, 1.165) is 18.4 Å². The second kappa shape index (κ2) is 7.02. The molecule has 1 aliphatic carbocycles. The van der Waals surface area contributed by atoms with Crippen LogP contribution in [0, 0.1) is 13.7 Å². The first-order chi connectivity index (χ1) is 13.0. The molecule has 136 valence electrons. The highest BCUT2D eigenvalue weighted by Gasteiger charge is 2.28. The number of nitro groups is 1. The highest BCUT2D eigenvalue weighted by molar-refractivity contribution is 14.1. The Kier molecular flexibility index (Phi) is 4.56. The predicted molar refractivity (Wildman–Crippen MR) is 105 cm³/mol. The van der Waals surface area contributed by atoms with Gasteiger partial charge in [-0.15, -0.1) is 5.10 Å². The van der Waals surface area contributed by atoms with Gasteiger partial charge in [0.15, 0.2) is 5.82 Å². The van der Waals surface area contributed by atoms with Gasteiger partial charge in [-0.2, -0.15) is 0 Å². The third kappa shape index (κ3) is 3.65. The molecule has 0 aliphatic heterocycles. The minimum Gasteiger partial charge on any atom is -0.322 e. The van der Waals surface area contributed by atoms with Crippen molar-refractivity contribution in [2.24, 2.45) is 0 Å². The Morgan fingerprint density at radius 2 is 2.07 bits per heavy atom. The standard InChI is InChI=1S/C17H13IN6O3/c18-15-7-6-13(24(26)27)9-14(15)17(25)19-11-3-1-2-10(8-11)16-20-21-22-23(16)12-4-5-12/h1-3,6-9,12H,4-5H2,(H,19,25). The van der Waals surface area contributed by atoms with Gasteiger partial charge in [-0.3, -0.25) is 14.9 Å². The minimum absolute atomic E-state index is 0.127. The summed E-state index contributed by atoms with van der Waals surface area (Å²) in [5.74, 6) is 0.237. The van der Waals surface area contributed by atoms with E-state index < -0.39 is 10.8 Å². The van der Waals surface area contributed by atoms with Gasteiger partial charge in [0.2, 0.25) is 0 Å². The lowest BCUT2D eigenvalue weighted by molar-refractivity contribution is -0.384. The molecule has 1 saturated carbocycles. The molecule has 2 aromatic carbocycles. The maximum Gasteiger partial charge on any atom is 0.270 e. The normalized spacial score (nSPS) is 13.4. The quantitative estimate of drug-likeness (QED) is 0.343. The van der Waals surface area contributed by atoms with Crippen LogP contribution in [0.4, 0.5) is 11.4 Å². The predicted octanol–water partition coefficient (Wildman–Crippen LogP) is 3.44. The van der Waals surface area contributed by atoms with Gasteiger partial charge in [-0.05, 0) is 64.1 Å². The van der Waals surface area contributed by atoms with Crippen LogP contribution in [0.2, 0.25) is 0 Å². The van der Waals surface area contributed by atoms with E-state index >= 15 is 0 Å². The van der Waals surface area contributed by atoms with Crippen molar-refractivity contribution in [2.75, 3.05) is 5.32 Å². The van der Waals surface area contributed by atoms with Gasteiger partial charge in [0, 0.05) is 27.0 Å². The first-order valence-electron chi connectivity index (χ1n) is 8.16. The van der Waals surface area contributed by atoms with Crippen molar-refractivity contribution in [3.05, 3.63) is 61.7 Å². The van der Waals surface area contributed by atoms with E-state index in [1.807, 2.05) is 28.7 Å². The second-order valence-corrected chi connectivity index (χ2v) is 7.30. The summed E-state index contributed by atoms with van der Waals surface area (Å²) in [5.41, 5.74) is 1.47. The molecule has 1 N–H and O–H groups in total. The summed E-state index contributed by atoms with van der Waals surface area (Å²) in [7, 11) is 0. The summed E-state index contributed by atoms with van der Waals surface area (Å²) in [6, 6.07) is 11.7. The Hall–Kier alpha value is -2.89. The van der Waals surface area contributed by atoms with Gasteiger partial charge in [0.05, 0.1) is 16.5 Å². The molecular weight excluding hydrogens is 463 g/mol. The van der Waals surface area contributed by atoms with Crippen molar-refractivity contribution in [1.82, 2.24) is 20.2 Å². The number of non-ortho nitro benzene ring substituents is 1. The molecule has 1 aliphatic rings. The lowest BCUT2D eigenvalue weighted by Gasteiger charge is -2.09. The molecule has 1 aromatic heterocycles. The van der Waals surface area contributed by atoms with E-state index in [4.69, 9.17) is 0 Å². The fourth-order valence-corrected chi connectivity index (χ4v) is 3.26. The molecular formula is C17H13IN6O3. The molecule has 0 bridgehead atoms. The van der Waals surface area contributed by atoms with Crippen molar-refractivity contribution < 1.29 is 9.72 Å². The summed E-state index contributed by atoms with van der Waals surface area (Å²) in [5, 5.41) is 25.6. The summed E-state index contributed by atoms with van der Waals surface area (Å²) < 4.78 is 2.43. The summed E-state index contributed by atoms with van der Waals surface area (Å²) in [4.78, 5) is 23.0. The van der Waals surface area contributed by atoms with E-state index in [9.17, 15) is 14.9 Å². The van der Waals surface area contributed by atoms with Crippen LogP contribution in [-0.2, 0) is 0 Å². The number of nitro benzene ring substituents is 1. The third-order valence-electron chi connectivity index (χ3n) is 4.17. The van der Waals surface area contributed by atoms with Crippen LogP contribution in [-0.4, -0.2) is 31.0 Å². The molecule has 1 heterocycles. The van der Waals surface area contributed by atoms with Crippen LogP contribution in [0.25, 0.3) is 11.4 Å². The maximum atomic E-state index is 12.6. The number of tetrazole rings is 1. The maximum absolute atomic E-state index is 12.6. The number of hydrogen-bond donors (Lipinski definition) is 1. The van der Waals surface area contributed by atoms with Gasteiger partial charge < -0.3 is 5.32 Å². The zero-order valence-corrected chi connectivity index (χ0v) is 16.0. The lowest BCUT2D eigenvalue weighted by Crippen LogP contribution is -2.14. The average Bonchev–Trinajstić information content (AvgIpc) is 3.38. The van der Waals surface area contributed by atoms with Gasteiger partial charge in [0.1, 0.15) is 0 Å². The molecule has 1 fully saturated rings. The van der Waals surface area contributed by atoms with E-state index in [2.05, 4.69) is 20.8 Å². The van der Waals surface area contributed by atoms with Crippen LogP contribution in [0.3, 0.4) is 0 Å². The number of rotatable bonds is 5. The first-order valence-corrected chi connectivity index (χ1v) is 9.24. The van der Waals surface area contributed by atoms with Crippen molar-refractivity contribution >= 4 is 39.9 Å². The third-order valence-corrected chi connectivity index (χ3v) is 5.11. The van der Waals surface area contributed by atoms with Gasteiger partial charge in [-0.25, -0.2) is 4.68 Å². The van der Waals surface area contributed by atoms with Crippen molar-refractivity contribution in [3.8, 4) is 11.4 Å². The summed E-state index contributed by atoms with van der Waals surface area (Å²) >= 11 is 1.98. The second-order valence-electron chi connectivity index (χ2n) is 6.13. The average molecular weight is 476 g/mol. The number of carbonyl (C=O) groups is 1. The van der Waals surface area contributed by atoms with Crippen LogP contribution in [0.15, 0.2) is 42.5 Å². The number of carbonyl (C=O) groups excluding carboxylic acids is 1. The van der Waals surface area contributed by atoms with Gasteiger partial charge in [0.25, 0.3) is 11.6 Å². The fraction of sp³-hybridized carbons (Fsp3) is 0.176. The van der Waals surface area contributed by atoms with Crippen molar-refractivity contribution in [2.45, 2.75) is 18.9 Å². The Morgan fingerprint density at radius 1 is 1.26 bits per heavy atom. The Balaban J connectivity index is 1.60. The summed E-state index contributed by atoms with van der Waals surface area (Å²) in [6.45, 7) is 0. The molecule has 10 heteroatoms. The molecule has 27 heavy (non-hydrogen) atoms. The highest BCUT2D eigenvalue weighted by atomic mass is 127. The molecule has 4 rings (SSSR count). The van der Waals surface area contributed by atoms with Gasteiger partial charge in [-0.1, -0.05) is 12.1 Å². The Bertz CT molecular complexity index is 1050.